The Kier molecular flexibility index (Phi) is 10.2. The van der Waals surface area contributed by atoms with Crippen molar-refractivity contribution < 1.29 is 19.1 Å². The number of amides is 2. The lowest BCUT2D eigenvalue weighted by atomic mass is 9.82. The van der Waals surface area contributed by atoms with E-state index in [9.17, 15) is 14.4 Å². The van der Waals surface area contributed by atoms with Gasteiger partial charge in [0.1, 0.15) is 11.2 Å². The molecule has 5 rings (SSSR count). The summed E-state index contributed by atoms with van der Waals surface area (Å²) in [4.78, 5) is 42.7. The van der Waals surface area contributed by atoms with Gasteiger partial charge in [-0.15, -0.1) is 5.10 Å². The normalized spacial score (nSPS) is 18.5. The maximum Gasteiger partial charge on any atom is 0.303 e. The number of carbonyl (C=O) groups excluding carboxylic acids is 3. The molecule has 1 N–H and O–H groups in total. The number of ether oxygens (including phenoxy) is 1. The molecule has 0 spiro atoms. The average Bonchev–Trinajstić information content (AvgIpc) is 3.52. The number of carbonyl (C=O) groups is 3. The van der Waals surface area contributed by atoms with Crippen LogP contribution in [-0.4, -0.2) is 81.3 Å². The van der Waals surface area contributed by atoms with Crippen LogP contribution in [0.25, 0.3) is 5.69 Å². The molecule has 0 radical (unpaired) electrons. The zero-order chi connectivity index (χ0) is 31.3. The van der Waals surface area contributed by atoms with Crippen LogP contribution in [-0.2, 0) is 19.1 Å². The number of hydrogen-bond acceptors (Lipinski definition) is 7. The first-order valence-electron chi connectivity index (χ1n) is 15.1. The highest BCUT2D eigenvalue weighted by molar-refractivity contribution is 6.42. The van der Waals surface area contributed by atoms with Crippen molar-refractivity contribution in [1.82, 2.24) is 30.1 Å². The highest BCUT2D eigenvalue weighted by Crippen LogP contribution is 2.40. The summed E-state index contributed by atoms with van der Waals surface area (Å²) >= 11 is 12.8. The van der Waals surface area contributed by atoms with Crippen molar-refractivity contribution in [2.75, 3.05) is 33.2 Å². The fourth-order valence-electron chi connectivity index (χ4n) is 6.55. The Morgan fingerprint density at radius 3 is 2.45 bits per heavy atom. The number of likely N-dealkylation sites (tertiary alicyclic amines) is 2. The summed E-state index contributed by atoms with van der Waals surface area (Å²) in [5.41, 5.74) is 1.45. The Morgan fingerprint density at radius 2 is 1.80 bits per heavy atom. The summed E-state index contributed by atoms with van der Waals surface area (Å²) in [5.74, 6) is -0.789. The second-order valence-electron chi connectivity index (χ2n) is 11.5. The molecule has 2 aliphatic rings. The van der Waals surface area contributed by atoms with E-state index in [-0.39, 0.29) is 17.7 Å². The Morgan fingerprint density at radius 1 is 1.05 bits per heavy atom. The molecule has 0 aliphatic carbocycles. The van der Waals surface area contributed by atoms with E-state index in [1.165, 1.54) is 6.92 Å². The second-order valence-corrected chi connectivity index (χ2v) is 12.3. The van der Waals surface area contributed by atoms with Gasteiger partial charge in [-0.2, -0.15) is 0 Å². The fraction of sp³-hybridized carbons (Fsp3) is 0.469. The van der Waals surface area contributed by atoms with Gasteiger partial charge in [0.2, 0.25) is 11.8 Å². The van der Waals surface area contributed by atoms with Gasteiger partial charge in [-0.25, -0.2) is 4.68 Å². The number of aromatic nitrogens is 3. The monoisotopic (exact) mass is 640 g/mol. The number of hydrogen-bond donors (Lipinski definition) is 1. The van der Waals surface area contributed by atoms with Crippen LogP contribution in [0.4, 0.5) is 0 Å². The summed E-state index contributed by atoms with van der Waals surface area (Å²) in [6.45, 7) is 3.95. The van der Waals surface area contributed by atoms with Crippen molar-refractivity contribution in [1.29, 1.82) is 0 Å². The van der Waals surface area contributed by atoms with Gasteiger partial charge < -0.3 is 19.9 Å². The summed E-state index contributed by atoms with van der Waals surface area (Å²) in [6.07, 6.45) is 4.86. The fourth-order valence-corrected chi connectivity index (χ4v) is 6.86. The van der Waals surface area contributed by atoms with Crippen LogP contribution >= 0.6 is 23.2 Å². The Hall–Kier alpha value is -3.47. The summed E-state index contributed by atoms with van der Waals surface area (Å²) in [7, 11) is 1.64. The van der Waals surface area contributed by atoms with E-state index < -0.39 is 17.6 Å². The molecule has 44 heavy (non-hydrogen) atoms. The molecule has 1 aromatic heterocycles. The van der Waals surface area contributed by atoms with Gasteiger partial charge in [-0.3, -0.25) is 14.4 Å². The minimum atomic E-state index is -0.833. The minimum Gasteiger partial charge on any atom is -0.455 e. The van der Waals surface area contributed by atoms with Crippen molar-refractivity contribution in [3.63, 3.8) is 0 Å². The number of para-hydroxylation sites is 1. The van der Waals surface area contributed by atoms with Gasteiger partial charge in [0, 0.05) is 45.9 Å². The maximum absolute atomic E-state index is 13.2. The maximum atomic E-state index is 13.2. The van der Waals surface area contributed by atoms with Crippen LogP contribution in [0.2, 0.25) is 10.0 Å². The number of benzene rings is 2. The molecule has 0 saturated carbocycles. The van der Waals surface area contributed by atoms with Gasteiger partial charge in [0.25, 0.3) is 0 Å². The Balaban J connectivity index is 1.42. The Labute approximate surface area is 267 Å². The molecule has 2 fully saturated rings. The van der Waals surface area contributed by atoms with E-state index in [1.54, 1.807) is 24.0 Å². The third-order valence-electron chi connectivity index (χ3n) is 8.83. The van der Waals surface area contributed by atoms with Gasteiger partial charge in [0.15, 0.2) is 6.10 Å². The smallest absolute Gasteiger partial charge is 0.303 e. The van der Waals surface area contributed by atoms with E-state index in [0.29, 0.717) is 67.6 Å². The van der Waals surface area contributed by atoms with Crippen molar-refractivity contribution in [3.8, 4) is 5.69 Å². The lowest BCUT2D eigenvalue weighted by molar-refractivity contribution is -0.153. The molecule has 0 bridgehead atoms. The van der Waals surface area contributed by atoms with Gasteiger partial charge in [0.05, 0.1) is 21.9 Å². The van der Waals surface area contributed by atoms with E-state index in [2.05, 4.69) is 20.5 Å². The lowest BCUT2D eigenvalue weighted by Crippen LogP contribution is -2.65. The molecule has 10 nitrogen and oxygen atoms in total. The van der Waals surface area contributed by atoms with Gasteiger partial charge in [-0.05, 0) is 68.5 Å². The molecular formula is C32H38Cl2N6O4. The summed E-state index contributed by atoms with van der Waals surface area (Å²) in [6, 6.07) is 15.0. The van der Waals surface area contributed by atoms with Gasteiger partial charge in [-0.1, -0.05) is 52.7 Å². The second kappa shape index (κ2) is 14.1. The number of likely N-dealkylation sites (N-methyl/N-ethyl adjacent to an activating group) is 1. The highest BCUT2D eigenvalue weighted by Gasteiger charge is 2.48. The number of esters is 1. The van der Waals surface area contributed by atoms with E-state index >= 15 is 0 Å². The third kappa shape index (κ3) is 6.77. The van der Waals surface area contributed by atoms with Crippen molar-refractivity contribution in [3.05, 3.63) is 76.0 Å². The first kappa shape index (κ1) is 31.9. The number of nitrogens with one attached hydrogen (secondary N) is 1. The van der Waals surface area contributed by atoms with Crippen LogP contribution in [0.15, 0.2) is 54.7 Å². The van der Waals surface area contributed by atoms with Crippen molar-refractivity contribution >= 4 is 41.0 Å². The van der Waals surface area contributed by atoms with E-state index in [0.717, 1.165) is 24.1 Å². The molecule has 3 heterocycles. The minimum absolute atomic E-state index is 0.0563. The lowest BCUT2D eigenvalue weighted by Gasteiger charge is -2.48. The summed E-state index contributed by atoms with van der Waals surface area (Å²) in [5, 5.41) is 12.1. The summed E-state index contributed by atoms with van der Waals surface area (Å²) < 4.78 is 7.71. The van der Waals surface area contributed by atoms with Crippen molar-refractivity contribution in [2.24, 2.45) is 0 Å². The quantitative estimate of drug-likeness (QED) is 0.312. The van der Waals surface area contributed by atoms with Crippen LogP contribution in [0.1, 0.15) is 68.7 Å². The molecule has 2 atom stereocenters. The Bertz CT molecular complexity index is 1470. The number of nitrogens with zero attached hydrogens (tertiary/aromatic N) is 5. The first-order chi connectivity index (χ1) is 21.2. The molecule has 2 saturated heterocycles. The molecule has 234 valence electrons. The predicted octanol–water partition coefficient (Wildman–Crippen LogP) is 4.95. The van der Waals surface area contributed by atoms with Crippen LogP contribution in [0, 0.1) is 0 Å². The first-order valence-corrected chi connectivity index (χ1v) is 15.8. The van der Waals surface area contributed by atoms with Crippen LogP contribution in [0.5, 0.6) is 0 Å². The number of halogens is 2. The SMILES string of the molecule is CNC(=O)C1(N2CCCCC2=O)CCN(CC[C@@H](c2ccc(Cl)c(Cl)c2)[C@@H](OC(C)=O)c2cnnn2-c2ccccc2)CC1. The van der Waals surface area contributed by atoms with Gasteiger partial charge >= 0.3 is 5.97 Å². The molecule has 3 aromatic rings. The average molecular weight is 642 g/mol. The topological polar surface area (TPSA) is 110 Å². The molecule has 2 aromatic carbocycles. The number of rotatable bonds is 10. The zero-order valence-electron chi connectivity index (χ0n) is 25.0. The largest absolute Gasteiger partial charge is 0.455 e. The van der Waals surface area contributed by atoms with E-state index in [1.807, 2.05) is 47.4 Å². The molecule has 2 amide bonds. The molecule has 0 unspecified atom stereocenters. The zero-order valence-corrected chi connectivity index (χ0v) is 26.6. The standard InChI is InChI=1S/C32H38Cl2N6O4/c1-22(41)44-30(28-21-36-37-40(28)24-8-4-3-5-9-24)25(23-11-12-26(33)27(34)20-23)13-17-38-18-14-32(15-19-38,31(43)35-2)39-16-7-6-10-29(39)42/h3-5,8-9,11-12,20-21,25,30H,6-7,10,13-19H2,1-2H3,(H,35,43)/t25-,30+/m0/s1. The van der Waals surface area contributed by atoms with Crippen molar-refractivity contribution in [2.45, 2.75) is 63.0 Å². The van der Waals surface area contributed by atoms with Crippen LogP contribution < -0.4 is 5.32 Å². The molecule has 12 heteroatoms. The highest BCUT2D eigenvalue weighted by atomic mass is 35.5. The number of piperidine rings is 2. The molecule has 2 aliphatic heterocycles. The van der Waals surface area contributed by atoms with E-state index in [4.69, 9.17) is 27.9 Å². The predicted molar refractivity (Wildman–Crippen MR) is 168 cm³/mol. The molecular weight excluding hydrogens is 603 g/mol. The third-order valence-corrected chi connectivity index (χ3v) is 9.57. The van der Waals surface area contributed by atoms with Crippen LogP contribution in [0.3, 0.4) is 0 Å².